The fourth-order valence-electron chi connectivity index (χ4n) is 7.88. The first kappa shape index (κ1) is 35.7. The summed E-state index contributed by atoms with van der Waals surface area (Å²) in [7, 11) is 0. The van der Waals surface area contributed by atoms with Gasteiger partial charge in [0.1, 0.15) is 11.3 Å². The molecule has 12 heteroatoms. The molecule has 4 aromatic rings. The van der Waals surface area contributed by atoms with Crippen molar-refractivity contribution in [3.05, 3.63) is 58.5 Å². The maximum absolute atomic E-state index is 14.1. The Morgan fingerprint density at radius 2 is 1.57 bits per heavy atom. The fraction of sp³-hybridized carbons (Fsp3) is 0.541. The summed E-state index contributed by atoms with van der Waals surface area (Å²) in [6.07, 6.45) is 5.54. The average Bonchev–Trinajstić information content (AvgIpc) is 3.46. The minimum absolute atomic E-state index is 0.185. The zero-order valence-corrected chi connectivity index (χ0v) is 29.1. The quantitative estimate of drug-likeness (QED) is 0.118. The number of Topliss-reactive ketones (excluding diaryl/α,β-unsaturated/α-hetero) is 1. The molecule has 262 valence electrons. The molecular weight excluding hydrogens is 628 g/mol. The monoisotopic (exact) mass is 674 g/mol. The largest absolute Gasteiger partial charge is 0.493 e. The van der Waals surface area contributed by atoms with Gasteiger partial charge in [-0.25, -0.2) is 4.68 Å². The van der Waals surface area contributed by atoms with E-state index in [1.807, 2.05) is 0 Å². The lowest BCUT2D eigenvalue weighted by molar-refractivity contribution is -0.172. The minimum atomic E-state index is -2.70. The van der Waals surface area contributed by atoms with E-state index >= 15 is 0 Å². The van der Waals surface area contributed by atoms with Gasteiger partial charge in [-0.05, 0) is 47.4 Å². The molecule has 1 saturated carbocycles. The normalized spacial score (nSPS) is 15.1. The van der Waals surface area contributed by atoms with Gasteiger partial charge in [0.25, 0.3) is 5.56 Å². The molecule has 0 unspecified atom stereocenters. The Kier molecular flexibility index (Phi) is 9.73. The number of ketones is 1. The molecule has 49 heavy (non-hydrogen) atoms. The van der Waals surface area contributed by atoms with Crippen LogP contribution in [0.1, 0.15) is 103 Å². The minimum Gasteiger partial charge on any atom is -0.493 e. The Labute approximate surface area is 284 Å². The molecule has 0 bridgehead atoms. The number of carboxylic acids is 2. The predicted octanol–water partition coefficient (Wildman–Crippen LogP) is 6.89. The van der Waals surface area contributed by atoms with Crippen molar-refractivity contribution in [3.8, 4) is 5.75 Å². The van der Waals surface area contributed by atoms with Gasteiger partial charge in [0.15, 0.2) is 22.5 Å². The third kappa shape index (κ3) is 6.57. The zero-order valence-electron chi connectivity index (χ0n) is 29.1. The van der Waals surface area contributed by atoms with Crippen molar-refractivity contribution in [2.75, 3.05) is 6.61 Å². The van der Waals surface area contributed by atoms with E-state index < -0.39 is 57.9 Å². The highest BCUT2D eigenvalue weighted by Crippen LogP contribution is 2.56. The number of rotatable bonds is 12. The number of carbonyl (C=O) groups excluding carboxylic acids is 1. The lowest BCUT2D eigenvalue weighted by atomic mass is 9.54. The molecule has 2 heterocycles. The van der Waals surface area contributed by atoms with Crippen LogP contribution in [0.2, 0.25) is 0 Å². The molecule has 0 aliphatic heterocycles. The second kappa shape index (κ2) is 13.4. The first-order valence-corrected chi connectivity index (χ1v) is 16.9. The highest BCUT2D eigenvalue weighted by atomic mass is 16.5. The van der Waals surface area contributed by atoms with E-state index in [0.29, 0.717) is 29.2 Å². The van der Waals surface area contributed by atoms with Crippen LogP contribution >= 0.6 is 0 Å². The average molecular weight is 675 g/mol. The molecule has 0 atom stereocenters. The number of hydrogen-bond donors (Lipinski definition) is 2. The van der Waals surface area contributed by atoms with Gasteiger partial charge in [-0.15, -0.1) is 5.10 Å². The van der Waals surface area contributed by atoms with Crippen molar-refractivity contribution < 1.29 is 33.9 Å². The lowest BCUT2D eigenvalue weighted by Crippen LogP contribution is -2.63. The van der Waals surface area contributed by atoms with E-state index in [9.17, 15) is 29.4 Å². The van der Waals surface area contributed by atoms with E-state index in [4.69, 9.17) is 9.26 Å². The second-order valence-electron chi connectivity index (χ2n) is 15.5. The lowest BCUT2D eigenvalue weighted by Gasteiger charge is -2.55. The van der Waals surface area contributed by atoms with Crippen LogP contribution in [0.4, 0.5) is 0 Å². The summed E-state index contributed by atoms with van der Waals surface area (Å²) >= 11 is 0. The number of benzene rings is 2. The maximum atomic E-state index is 14.1. The number of ether oxygens (including phenoxy) is 1. The fourth-order valence-corrected chi connectivity index (χ4v) is 7.88. The first-order chi connectivity index (χ1) is 23.0. The highest BCUT2D eigenvalue weighted by Gasteiger charge is 2.62. The number of carboxylic acid groups (broad SMARTS) is 2. The van der Waals surface area contributed by atoms with Crippen LogP contribution in [0.15, 0.2) is 51.8 Å². The highest BCUT2D eigenvalue weighted by molar-refractivity contribution is 6.10. The van der Waals surface area contributed by atoms with Gasteiger partial charge in [-0.3, -0.25) is 19.2 Å². The molecule has 0 radical (unpaired) electrons. The van der Waals surface area contributed by atoms with Gasteiger partial charge >= 0.3 is 11.9 Å². The van der Waals surface area contributed by atoms with Crippen LogP contribution in [0.25, 0.3) is 21.9 Å². The summed E-state index contributed by atoms with van der Waals surface area (Å²) in [5, 5.41) is 34.5. The van der Waals surface area contributed by atoms with Crippen LogP contribution < -0.4 is 10.3 Å². The molecular formula is C37H46N4O8. The number of fused-ring (bicyclic) bond motifs is 2. The first-order valence-electron chi connectivity index (χ1n) is 16.9. The van der Waals surface area contributed by atoms with Gasteiger partial charge in [-0.2, -0.15) is 0 Å². The van der Waals surface area contributed by atoms with Gasteiger partial charge in [0.2, 0.25) is 0 Å². The molecule has 0 saturated heterocycles. The van der Waals surface area contributed by atoms with Crippen LogP contribution in [-0.4, -0.2) is 54.7 Å². The Balaban J connectivity index is 1.52. The number of hydrogen-bond acceptors (Lipinski definition) is 9. The SMILES string of the molecule is CC(C)(C)C(CC(CC(=O)c1noc2cc(OCCC3CCCCC3)ccc12)(C(=O)O)C(=O)O)(n1nnc2ccccc2c1=O)C(C)(C)C. The molecule has 1 aliphatic carbocycles. The zero-order chi connectivity index (χ0) is 35.8. The molecule has 2 aromatic heterocycles. The topological polar surface area (TPSA) is 175 Å². The van der Waals surface area contributed by atoms with Gasteiger partial charge < -0.3 is 19.5 Å². The van der Waals surface area contributed by atoms with E-state index in [0.717, 1.165) is 11.1 Å². The number of nitrogens with zero attached hydrogens (tertiary/aromatic N) is 4. The van der Waals surface area contributed by atoms with Crippen molar-refractivity contribution >= 4 is 39.6 Å². The van der Waals surface area contributed by atoms with Crippen molar-refractivity contribution in [3.63, 3.8) is 0 Å². The Morgan fingerprint density at radius 1 is 0.918 bits per heavy atom. The third-order valence-corrected chi connectivity index (χ3v) is 10.5. The van der Waals surface area contributed by atoms with E-state index in [1.165, 1.54) is 32.1 Å². The molecule has 12 nitrogen and oxygen atoms in total. The van der Waals surface area contributed by atoms with Crippen molar-refractivity contribution in [1.82, 2.24) is 20.2 Å². The maximum Gasteiger partial charge on any atom is 0.321 e. The van der Waals surface area contributed by atoms with Crippen molar-refractivity contribution in [1.29, 1.82) is 0 Å². The smallest absolute Gasteiger partial charge is 0.321 e. The summed E-state index contributed by atoms with van der Waals surface area (Å²) in [6, 6.07) is 11.5. The molecule has 2 N–H and O–H groups in total. The molecule has 1 fully saturated rings. The van der Waals surface area contributed by atoms with Crippen LogP contribution in [0.3, 0.4) is 0 Å². The van der Waals surface area contributed by atoms with Crippen LogP contribution in [0, 0.1) is 22.2 Å². The van der Waals surface area contributed by atoms with Crippen molar-refractivity contribution in [2.45, 2.75) is 98.4 Å². The third-order valence-electron chi connectivity index (χ3n) is 10.5. The summed E-state index contributed by atoms with van der Waals surface area (Å²) in [5.41, 5.74) is -6.36. The van der Waals surface area contributed by atoms with Gasteiger partial charge in [0.05, 0.1) is 22.9 Å². The summed E-state index contributed by atoms with van der Waals surface area (Å²) in [4.78, 5) is 54.5. The molecule has 0 amide bonds. The predicted molar refractivity (Wildman–Crippen MR) is 183 cm³/mol. The van der Waals surface area contributed by atoms with Gasteiger partial charge in [-0.1, -0.05) is 96.1 Å². The Hall–Kier alpha value is -4.61. The van der Waals surface area contributed by atoms with Crippen LogP contribution in [-0.2, 0) is 15.1 Å². The molecule has 1 aliphatic rings. The van der Waals surface area contributed by atoms with Crippen molar-refractivity contribution in [2.24, 2.45) is 22.2 Å². The second-order valence-corrected chi connectivity index (χ2v) is 15.5. The Bertz CT molecular complexity index is 1900. The summed E-state index contributed by atoms with van der Waals surface area (Å²) in [6.45, 7) is 11.3. The number of aromatic nitrogens is 4. The summed E-state index contributed by atoms with van der Waals surface area (Å²) < 4.78 is 12.6. The molecule has 0 spiro atoms. The van der Waals surface area contributed by atoms with E-state index in [1.54, 1.807) is 84.0 Å². The standard InChI is InChI=1S/C37H46N4O8/c1-34(2,3)37(35(4,5)6,41-31(43)25-14-10-11-15-27(25)38-40-41)22-36(32(44)45,33(46)47)21-28(42)30-26-17-16-24(20-29(26)49-39-30)48-19-18-23-12-8-7-9-13-23/h10-11,14-17,20,23H,7-9,12-13,18-19,21-22H2,1-6H3,(H,44,45)(H,46,47). The Morgan fingerprint density at radius 3 is 2.20 bits per heavy atom. The van der Waals surface area contributed by atoms with Gasteiger partial charge in [0, 0.05) is 18.9 Å². The molecule has 2 aromatic carbocycles. The summed E-state index contributed by atoms with van der Waals surface area (Å²) in [5.74, 6) is -3.09. The number of carbonyl (C=O) groups is 3. The van der Waals surface area contributed by atoms with E-state index in [-0.39, 0.29) is 16.7 Å². The molecule has 5 rings (SSSR count). The number of aliphatic carboxylic acids is 2. The van der Waals surface area contributed by atoms with Crippen LogP contribution in [0.5, 0.6) is 5.75 Å². The van der Waals surface area contributed by atoms with E-state index in [2.05, 4.69) is 15.5 Å².